The van der Waals surface area contributed by atoms with Crippen molar-refractivity contribution in [2.45, 2.75) is 11.3 Å². The zero-order valence-electron chi connectivity index (χ0n) is 10.4. The maximum Gasteiger partial charge on any atom is 0.230 e. The van der Waals surface area contributed by atoms with Gasteiger partial charge in [0.05, 0.1) is 11.4 Å². The van der Waals surface area contributed by atoms with Gasteiger partial charge in [0, 0.05) is 22.5 Å². The van der Waals surface area contributed by atoms with E-state index in [0.29, 0.717) is 17.3 Å². The monoisotopic (exact) mass is 312 g/mol. The first-order valence-corrected chi connectivity index (χ1v) is 8.04. The summed E-state index contributed by atoms with van der Waals surface area (Å²) in [6.45, 7) is 2.57. The van der Waals surface area contributed by atoms with Crippen molar-refractivity contribution in [1.82, 2.24) is 10.3 Å². The number of thiazole rings is 1. The van der Waals surface area contributed by atoms with Gasteiger partial charge in [0.25, 0.3) is 0 Å². The molecule has 1 aromatic heterocycles. The zero-order chi connectivity index (χ0) is 13.7. The van der Waals surface area contributed by atoms with Crippen LogP contribution in [0.5, 0.6) is 0 Å². The summed E-state index contributed by atoms with van der Waals surface area (Å²) < 4.78 is 0.899. The molecule has 19 heavy (non-hydrogen) atoms. The van der Waals surface area contributed by atoms with Crippen LogP contribution in [0.3, 0.4) is 0 Å². The Morgan fingerprint density at radius 2 is 2.16 bits per heavy atom. The van der Waals surface area contributed by atoms with Crippen LogP contribution < -0.4 is 5.32 Å². The molecule has 1 heterocycles. The number of hydrogen-bond acceptors (Lipinski definition) is 4. The summed E-state index contributed by atoms with van der Waals surface area (Å²) in [6.07, 6.45) is 0. The van der Waals surface area contributed by atoms with Crippen molar-refractivity contribution < 1.29 is 4.79 Å². The van der Waals surface area contributed by atoms with E-state index in [1.165, 1.54) is 11.8 Å². The van der Waals surface area contributed by atoms with Crippen molar-refractivity contribution in [3.63, 3.8) is 0 Å². The van der Waals surface area contributed by atoms with Crippen molar-refractivity contribution in [2.75, 3.05) is 12.3 Å². The molecule has 1 N–H and O–H groups in total. The van der Waals surface area contributed by atoms with Gasteiger partial charge in [0.1, 0.15) is 0 Å². The number of carbonyl (C=O) groups excluding carboxylic acids is 1. The van der Waals surface area contributed by atoms with Crippen molar-refractivity contribution in [1.29, 1.82) is 0 Å². The molecule has 0 radical (unpaired) electrons. The van der Waals surface area contributed by atoms with Crippen LogP contribution in [0.15, 0.2) is 34.0 Å². The highest BCUT2D eigenvalue weighted by molar-refractivity contribution is 8.01. The Balaban J connectivity index is 1.99. The van der Waals surface area contributed by atoms with Crippen LogP contribution in [0.25, 0.3) is 11.3 Å². The van der Waals surface area contributed by atoms with Crippen molar-refractivity contribution in [3.05, 3.63) is 34.7 Å². The third kappa shape index (κ3) is 4.23. The van der Waals surface area contributed by atoms with Gasteiger partial charge in [0.2, 0.25) is 5.91 Å². The molecule has 0 spiro atoms. The van der Waals surface area contributed by atoms with Crippen molar-refractivity contribution in [3.8, 4) is 11.3 Å². The first kappa shape index (κ1) is 14.4. The summed E-state index contributed by atoms with van der Waals surface area (Å²) in [6, 6.07) is 7.57. The van der Waals surface area contributed by atoms with E-state index in [1.54, 1.807) is 11.3 Å². The Morgan fingerprint density at radius 1 is 1.42 bits per heavy atom. The molecular weight excluding hydrogens is 300 g/mol. The molecule has 2 rings (SSSR count). The van der Waals surface area contributed by atoms with Crippen LogP contribution in [-0.2, 0) is 4.79 Å². The average molecular weight is 313 g/mol. The number of halogens is 1. The number of nitrogens with zero attached hydrogens (tertiary/aromatic N) is 1. The fourth-order valence-corrected chi connectivity index (χ4v) is 3.24. The smallest absolute Gasteiger partial charge is 0.230 e. The quantitative estimate of drug-likeness (QED) is 0.856. The van der Waals surface area contributed by atoms with Crippen molar-refractivity contribution >= 4 is 40.6 Å². The number of thioether (sulfide) groups is 1. The van der Waals surface area contributed by atoms with Gasteiger partial charge >= 0.3 is 0 Å². The maximum atomic E-state index is 11.4. The summed E-state index contributed by atoms with van der Waals surface area (Å²) in [7, 11) is 0. The van der Waals surface area contributed by atoms with Gasteiger partial charge in [-0.05, 0) is 19.1 Å². The SMILES string of the molecule is CCNC(=O)CSc1nc(-c2ccc(Cl)cc2)cs1. The standard InChI is InChI=1S/C13H13ClN2OS2/c1-2-15-12(17)8-19-13-16-11(7-18-13)9-3-5-10(14)6-4-9/h3-7H,2,8H2,1H3,(H,15,17). The second kappa shape index (κ2) is 6.93. The number of rotatable bonds is 5. The molecule has 100 valence electrons. The number of carbonyl (C=O) groups is 1. The van der Waals surface area contributed by atoms with Crippen LogP contribution in [0, 0.1) is 0 Å². The molecule has 0 fully saturated rings. The Bertz CT molecular complexity index is 554. The summed E-state index contributed by atoms with van der Waals surface area (Å²) in [5.74, 6) is 0.442. The minimum Gasteiger partial charge on any atom is -0.356 e. The van der Waals surface area contributed by atoms with Gasteiger partial charge in [-0.3, -0.25) is 4.79 Å². The molecule has 0 bridgehead atoms. The van der Waals surface area contributed by atoms with E-state index in [1.807, 2.05) is 36.6 Å². The average Bonchev–Trinajstić information content (AvgIpc) is 2.86. The molecule has 3 nitrogen and oxygen atoms in total. The Kier molecular flexibility index (Phi) is 5.24. The number of benzene rings is 1. The fraction of sp³-hybridized carbons (Fsp3) is 0.231. The van der Waals surface area contributed by atoms with Crippen molar-refractivity contribution in [2.24, 2.45) is 0 Å². The largest absolute Gasteiger partial charge is 0.356 e. The minimum absolute atomic E-state index is 0.0377. The predicted molar refractivity (Wildman–Crippen MR) is 82.0 cm³/mol. The molecule has 1 amide bonds. The Morgan fingerprint density at radius 3 is 2.84 bits per heavy atom. The van der Waals surface area contributed by atoms with Gasteiger partial charge < -0.3 is 5.32 Å². The van der Waals surface area contributed by atoms with E-state index in [9.17, 15) is 4.79 Å². The number of hydrogen-bond donors (Lipinski definition) is 1. The molecular formula is C13H13ClN2OS2. The zero-order valence-corrected chi connectivity index (χ0v) is 12.7. The van der Waals surface area contributed by atoms with E-state index in [2.05, 4.69) is 10.3 Å². The predicted octanol–water partition coefficient (Wildman–Crippen LogP) is 3.69. The maximum absolute atomic E-state index is 11.4. The normalized spacial score (nSPS) is 10.4. The van der Waals surface area contributed by atoms with Crippen LogP contribution in [0.2, 0.25) is 5.02 Å². The lowest BCUT2D eigenvalue weighted by molar-refractivity contribution is -0.118. The van der Waals surface area contributed by atoms with E-state index in [-0.39, 0.29) is 5.91 Å². The highest BCUT2D eigenvalue weighted by atomic mass is 35.5. The lowest BCUT2D eigenvalue weighted by Gasteiger charge is -1.99. The van der Waals surface area contributed by atoms with Gasteiger partial charge in [-0.15, -0.1) is 11.3 Å². The molecule has 2 aromatic rings. The van der Waals surface area contributed by atoms with E-state index in [0.717, 1.165) is 15.6 Å². The highest BCUT2D eigenvalue weighted by Gasteiger charge is 2.07. The molecule has 0 aliphatic heterocycles. The third-order valence-electron chi connectivity index (χ3n) is 2.32. The van der Waals surface area contributed by atoms with Crippen LogP contribution in [-0.4, -0.2) is 23.2 Å². The molecule has 1 aromatic carbocycles. The fourth-order valence-electron chi connectivity index (χ4n) is 1.45. The summed E-state index contributed by atoms with van der Waals surface area (Å²) >= 11 is 8.86. The van der Waals surface area contributed by atoms with Crippen LogP contribution >= 0.6 is 34.7 Å². The second-order valence-corrected chi connectivity index (χ2v) is 6.26. The molecule has 0 aliphatic rings. The lowest BCUT2D eigenvalue weighted by Crippen LogP contribution is -2.24. The molecule has 0 unspecified atom stereocenters. The summed E-state index contributed by atoms with van der Waals surface area (Å²) in [4.78, 5) is 15.9. The Labute approximate surface area is 125 Å². The minimum atomic E-state index is 0.0377. The second-order valence-electron chi connectivity index (χ2n) is 3.75. The first-order chi connectivity index (χ1) is 9.19. The lowest BCUT2D eigenvalue weighted by atomic mass is 10.2. The van der Waals surface area contributed by atoms with Crippen LogP contribution in [0.1, 0.15) is 6.92 Å². The van der Waals surface area contributed by atoms with Crippen LogP contribution in [0.4, 0.5) is 0 Å². The van der Waals surface area contributed by atoms with Gasteiger partial charge in [-0.1, -0.05) is 35.5 Å². The topological polar surface area (TPSA) is 42.0 Å². The third-order valence-corrected chi connectivity index (χ3v) is 4.60. The Hall–Kier alpha value is -1.04. The molecule has 0 atom stereocenters. The van der Waals surface area contributed by atoms with E-state index in [4.69, 9.17) is 11.6 Å². The summed E-state index contributed by atoms with van der Waals surface area (Å²) in [5, 5.41) is 5.47. The number of nitrogens with one attached hydrogen (secondary N) is 1. The summed E-state index contributed by atoms with van der Waals surface area (Å²) in [5.41, 5.74) is 1.95. The van der Waals surface area contributed by atoms with Gasteiger partial charge in [0.15, 0.2) is 4.34 Å². The van der Waals surface area contributed by atoms with E-state index >= 15 is 0 Å². The number of aromatic nitrogens is 1. The number of amides is 1. The van der Waals surface area contributed by atoms with E-state index < -0.39 is 0 Å². The first-order valence-electron chi connectivity index (χ1n) is 5.80. The molecule has 0 aliphatic carbocycles. The van der Waals surface area contributed by atoms with Gasteiger partial charge in [-0.25, -0.2) is 4.98 Å². The highest BCUT2D eigenvalue weighted by Crippen LogP contribution is 2.28. The molecule has 0 saturated carbocycles. The van der Waals surface area contributed by atoms with Gasteiger partial charge in [-0.2, -0.15) is 0 Å². The molecule has 0 saturated heterocycles. The molecule has 6 heteroatoms.